The molecular weight excluding hydrogens is 608 g/mol. The number of aliphatic hydroxyl groups is 2. The molecule has 0 saturated heterocycles. The molecular formula is C22H29F6N5O10. The highest BCUT2D eigenvalue weighted by Gasteiger charge is 2.55. The van der Waals surface area contributed by atoms with Crippen molar-refractivity contribution in [3.8, 4) is 0 Å². The first-order valence-corrected chi connectivity index (χ1v) is 12.1. The normalized spacial score (nSPS) is 21.4. The lowest BCUT2D eigenvalue weighted by molar-refractivity contribution is -0.296. The molecule has 2 amide bonds. The van der Waals surface area contributed by atoms with Gasteiger partial charge in [-0.05, 0) is 13.0 Å². The molecule has 6 atom stereocenters. The fraction of sp³-hybridized carbons (Fsp3) is 0.682. The zero-order valence-corrected chi connectivity index (χ0v) is 22.9. The smallest absolute Gasteiger partial charge is 0.431 e. The fourth-order valence-electron chi connectivity index (χ4n) is 3.52. The maximum atomic E-state index is 13.2. The zero-order valence-electron chi connectivity index (χ0n) is 22.9. The number of nitrogens with zero attached hydrogens (tertiary/aromatic N) is 2. The molecule has 5 N–H and O–H groups in total. The van der Waals surface area contributed by atoms with E-state index in [2.05, 4.69) is 30.4 Å². The molecule has 43 heavy (non-hydrogen) atoms. The second-order valence-electron chi connectivity index (χ2n) is 8.63. The van der Waals surface area contributed by atoms with Crippen LogP contribution in [0.1, 0.15) is 34.1 Å². The van der Waals surface area contributed by atoms with Crippen molar-refractivity contribution in [3.05, 3.63) is 11.6 Å². The summed E-state index contributed by atoms with van der Waals surface area (Å²) in [6, 6.07) is -1.02. The summed E-state index contributed by atoms with van der Waals surface area (Å²) in [6.07, 6.45) is -26.6. The molecule has 0 saturated carbocycles. The number of hydrogen-bond acceptors (Lipinski definition) is 13. The summed E-state index contributed by atoms with van der Waals surface area (Å²) >= 11 is 0. The summed E-state index contributed by atoms with van der Waals surface area (Å²) in [5.41, 5.74) is 3.75. The molecule has 1 aliphatic carbocycles. The van der Waals surface area contributed by atoms with Crippen molar-refractivity contribution in [1.29, 1.82) is 0 Å². The van der Waals surface area contributed by atoms with E-state index in [9.17, 15) is 55.7 Å². The SMILES string of the molecule is CCOC(=O)C1=C[C@@H](OC(C(O)C(F)(F)F)C(O)C(F)(F)F)[C@H](NC(C)=O)[C@@H](NN=C=NNC(=O)OC(C)OC(C)=O)C1. The van der Waals surface area contributed by atoms with Gasteiger partial charge in [0, 0.05) is 32.8 Å². The Balaban J connectivity index is 3.36. The number of halogens is 6. The van der Waals surface area contributed by atoms with Gasteiger partial charge in [-0.2, -0.15) is 26.3 Å². The maximum absolute atomic E-state index is 13.2. The lowest BCUT2D eigenvalue weighted by Gasteiger charge is -2.40. The number of aliphatic hydroxyl groups excluding tert-OH is 2. The summed E-state index contributed by atoms with van der Waals surface area (Å²) in [5.74, 6) is -2.66. The van der Waals surface area contributed by atoms with Gasteiger partial charge in [-0.15, -0.1) is 10.2 Å². The van der Waals surface area contributed by atoms with E-state index in [1.54, 1.807) is 5.43 Å². The van der Waals surface area contributed by atoms with Crippen molar-refractivity contribution >= 4 is 29.9 Å². The molecule has 0 aromatic heterocycles. The molecule has 0 bridgehead atoms. The van der Waals surface area contributed by atoms with Crippen molar-refractivity contribution in [2.45, 2.75) is 89.3 Å². The minimum absolute atomic E-state index is 0.181. The van der Waals surface area contributed by atoms with Crippen LogP contribution >= 0.6 is 0 Å². The number of carbonyl (C=O) groups is 4. The summed E-state index contributed by atoms with van der Waals surface area (Å²) in [6.45, 7) is 4.45. The Bertz CT molecular complexity index is 1080. The van der Waals surface area contributed by atoms with Crippen LogP contribution in [0, 0.1) is 0 Å². The molecule has 0 aliphatic heterocycles. The Kier molecular flexibility index (Phi) is 13.8. The molecule has 0 spiro atoms. The Morgan fingerprint density at radius 2 is 1.63 bits per heavy atom. The lowest BCUT2D eigenvalue weighted by atomic mass is 9.87. The Labute approximate surface area is 239 Å². The van der Waals surface area contributed by atoms with E-state index in [1.165, 1.54) is 13.8 Å². The molecule has 0 aromatic carbocycles. The van der Waals surface area contributed by atoms with E-state index in [0.717, 1.165) is 19.9 Å². The van der Waals surface area contributed by atoms with Gasteiger partial charge < -0.3 is 34.5 Å². The van der Waals surface area contributed by atoms with Crippen LogP contribution in [0.15, 0.2) is 21.9 Å². The number of hydrazone groups is 2. The number of rotatable bonds is 12. The lowest BCUT2D eigenvalue weighted by Crippen LogP contribution is -2.61. The van der Waals surface area contributed by atoms with Gasteiger partial charge in [0.25, 0.3) is 0 Å². The average molecular weight is 637 g/mol. The predicted octanol–water partition coefficient (Wildman–Crippen LogP) is 0.582. The Morgan fingerprint density at radius 3 is 2.12 bits per heavy atom. The van der Waals surface area contributed by atoms with Crippen LogP contribution in [0.25, 0.3) is 0 Å². The highest BCUT2D eigenvalue weighted by Crippen LogP contribution is 2.34. The third-order valence-corrected chi connectivity index (χ3v) is 5.19. The molecule has 15 nitrogen and oxygen atoms in total. The van der Waals surface area contributed by atoms with E-state index in [0.29, 0.717) is 0 Å². The highest BCUT2D eigenvalue weighted by atomic mass is 19.4. The van der Waals surface area contributed by atoms with Crippen molar-refractivity contribution in [3.63, 3.8) is 0 Å². The summed E-state index contributed by atoms with van der Waals surface area (Å²) in [4.78, 5) is 46.7. The second kappa shape index (κ2) is 16.1. The van der Waals surface area contributed by atoms with E-state index >= 15 is 0 Å². The van der Waals surface area contributed by atoms with E-state index < -0.39 is 85.5 Å². The summed E-state index contributed by atoms with van der Waals surface area (Å²) in [7, 11) is 0. The van der Waals surface area contributed by atoms with Crippen LogP contribution in [0.3, 0.4) is 0 Å². The van der Waals surface area contributed by atoms with E-state index in [4.69, 9.17) is 9.47 Å². The van der Waals surface area contributed by atoms with Crippen molar-refractivity contribution in [1.82, 2.24) is 16.2 Å². The predicted molar refractivity (Wildman–Crippen MR) is 127 cm³/mol. The quantitative estimate of drug-likeness (QED) is 0.0658. The second-order valence-corrected chi connectivity index (χ2v) is 8.63. The molecule has 3 unspecified atom stereocenters. The number of alkyl halides is 6. The van der Waals surface area contributed by atoms with E-state index in [-0.39, 0.29) is 12.2 Å². The molecule has 0 fully saturated rings. The first kappa shape index (κ1) is 37.1. The molecule has 0 radical (unpaired) electrons. The number of hydrogen-bond donors (Lipinski definition) is 5. The third kappa shape index (κ3) is 12.4. The highest BCUT2D eigenvalue weighted by molar-refractivity contribution is 5.89. The summed E-state index contributed by atoms with van der Waals surface area (Å²) in [5, 5.41) is 28.2. The monoisotopic (exact) mass is 637 g/mol. The Hall–Kier alpha value is -3.94. The van der Waals surface area contributed by atoms with Crippen LogP contribution in [0.2, 0.25) is 0 Å². The van der Waals surface area contributed by atoms with Crippen LogP contribution in [-0.4, -0.2) is 102 Å². The molecule has 1 rings (SSSR count). The number of amides is 2. The maximum Gasteiger partial charge on any atom is 0.431 e. The van der Waals surface area contributed by atoms with Gasteiger partial charge in [0.2, 0.25) is 12.2 Å². The van der Waals surface area contributed by atoms with Gasteiger partial charge in [-0.25, -0.2) is 15.0 Å². The molecule has 0 heterocycles. The third-order valence-electron chi connectivity index (χ3n) is 5.19. The fourth-order valence-corrected chi connectivity index (χ4v) is 3.52. The van der Waals surface area contributed by atoms with Gasteiger partial charge in [0.15, 0.2) is 12.2 Å². The first-order valence-electron chi connectivity index (χ1n) is 12.1. The van der Waals surface area contributed by atoms with Crippen LogP contribution in [0.5, 0.6) is 0 Å². The molecule has 244 valence electrons. The van der Waals surface area contributed by atoms with E-state index in [1.807, 2.05) is 6.01 Å². The summed E-state index contributed by atoms with van der Waals surface area (Å²) < 4.78 is 98.3. The molecule has 1 aliphatic rings. The van der Waals surface area contributed by atoms with Gasteiger partial charge in [-0.1, -0.05) is 0 Å². The van der Waals surface area contributed by atoms with Gasteiger partial charge >= 0.3 is 30.4 Å². The first-order chi connectivity index (χ1) is 19.8. The molecule has 21 heteroatoms. The van der Waals surface area contributed by atoms with Crippen molar-refractivity contribution in [2.75, 3.05) is 6.61 Å². The average Bonchev–Trinajstić information content (AvgIpc) is 2.85. The molecule has 0 aromatic rings. The topological polar surface area (TPSA) is 206 Å². The standard InChI is InChI=1S/C22H29F6N5O10/c1-5-40-19(38)12-6-13(32-29-8-30-33-20(39)42-11(4)41-10(3)35)15(31-9(2)34)14(7-12)43-16(17(36)21(23,24)25)18(37)22(26,27)28/h7,11,13-18,32,36-37H,5-6H2,1-4H3,(H,31,34)(H,33,39)/t11?,13-,14+,15+,16?,17?,18?/m0/s1. The largest absolute Gasteiger partial charge is 0.463 e. The van der Waals surface area contributed by atoms with Gasteiger partial charge in [-0.3, -0.25) is 15.0 Å². The van der Waals surface area contributed by atoms with Crippen molar-refractivity contribution in [2.24, 2.45) is 10.2 Å². The van der Waals surface area contributed by atoms with Gasteiger partial charge in [0.05, 0.1) is 24.8 Å². The number of carbonyl (C=O) groups excluding carboxylic acids is 4. The van der Waals surface area contributed by atoms with Crippen LogP contribution in [0.4, 0.5) is 31.1 Å². The van der Waals surface area contributed by atoms with Crippen LogP contribution in [-0.2, 0) is 33.3 Å². The Morgan fingerprint density at radius 1 is 1.05 bits per heavy atom. The zero-order chi connectivity index (χ0) is 33.1. The number of nitrogens with one attached hydrogen (secondary N) is 3. The number of esters is 2. The minimum Gasteiger partial charge on any atom is -0.463 e. The van der Waals surface area contributed by atoms with Crippen LogP contribution < -0.4 is 16.2 Å². The number of ether oxygens (including phenoxy) is 4. The minimum atomic E-state index is -5.69. The van der Waals surface area contributed by atoms with Gasteiger partial charge in [0.1, 0.15) is 12.1 Å². The van der Waals surface area contributed by atoms with Crippen molar-refractivity contribution < 1.29 is 74.7 Å².